The fraction of sp³-hybridized carbons (Fsp3) is 0.286. The molecule has 7 heteroatoms. The Labute approximate surface area is 168 Å². The molecule has 0 aliphatic carbocycles. The number of amides is 1. The van der Waals surface area contributed by atoms with E-state index in [1.54, 1.807) is 24.3 Å². The monoisotopic (exact) mass is 399 g/mol. The van der Waals surface area contributed by atoms with Gasteiger partial charge in [-0.05, 0) is 54.8 Å². The highest BCUT2D eigenvalue weighted by atomic mass is 35.5. The molecule has 0 aliphatic heterocycles. The molecule has 28 heavy (non-hydrogen) atoms. The second-order valence-corrected chi connectivity index (χ2v) is 6.69. The molecule has 0 unspecified atom stereocenters. The van der Waals surface area contributed by atoms with E-state index in [-0.39, 0.29) is 12.5 Å². The number of carbonyl (C=O) groups excluding carboxylic acids is 1. The largest absolute Gasteiger partial charge is 0.481 e. The maximum absolute atomic E-state index is 12.4. The van der Waals surface area contributed by atoms with Gasteiger partial charge in [0.05, 0.1) is 6.54 Å². The number of nitrogens with zero attached hydrogens (tertiary/aromatic N) is 2. The molecule has 0 saturated heterocycles. The quantitative estimate of drug-likeness (QED) is 0.606. The summed E-state index contributed by atoms with van der Waals surface area (Å²) in [5.41, 5.74) is 2.01. The van der Waals surface area contributed by atoms with E-state index in [0.717, 1.165) is 12.0 Å². The molecule has 1 aromatic heterocycles. The van der Waals surface area contributed by atoms with Crippen molar-refractivity contribution >= 4 is 17.5 Å². The van der Waals surface area contributed by atoms with Crippen molar-refractivity contribution in [3.63, 3.8) is 0 Å². The van der Waals surface area contributed by atoms with Crippen LogP contribution in [0.4, 0.5) is 0 Å². The number of hydrogen-bond acceptors (Lipinski definition) is 5. The fourth-order valence-electron chi connectivity index (χ4n) is 2.61. The smallest absolute Gasteiger partial charge is 0.261 e. The van der Waals surface area contributed by atoms with Crippen molar-refractivity contribution < 1.29 is 14.1 Å². The van der Waals surface area contributed by atoms with Gasteiger partial charge >= 0.3 is 0 Å². The Morgan fingerprint density at radius 2 is 1.86 bits per heavy atom. The summed E-state index contributed by atoms with van der Waals surface area (Å²) in [6, 6.07) is 14.9. The highest BCUT2D eigenvalue weighted by molar-refractivity contribution is 6.30. The number of nitrogens with one attached hydrogen (secondary N) is 1. The maximum atomic E-state index is 12.4. The molecule has 1 N–H and O–H groups in total. The van der Waals surface area contributed by atoms with E-state index in [0.29, 0.717) is 28.9 Å². The van der Waals surface area contributed by atoms with E-state index < -0.39 is 6.10 Å². The Morgan fingerprint density at radius 3 is 2.50 bits per heavy atom. The average molecular weight is 400 g/mol. The first-order chi connectivity index (χ1) is 13.6. The first kappa shape index (κ1) is 19.9. The number of aromatic nitrogens is 2. The number of hydrogen-bond donors (Lipinski definition) is 1. The summed E-state index contributed by atoms with van der Waals surface area (Å²) in [4.78, 5) is 16.7. The molecule has 2 aromatic carbocycles. The lowest BCUT2D eigenvalue weighted by molar-refractivity contribution is -0.128. The van der Waals surface area contributed by atoms with Crippen LogP contribution in [0, 0.1) is 0 Å². The molecule has 0 bridgehead atoms. The highest BCUT2D eigenvalue weighted by Gasteiger charge is 2.19. The third-order valence-electron chi connectivity index (χ3n) is 4.26. The minimum absolute atomic E-state index is 0.133. The van der Waals surface area contributed by atoms with Gasteiger partial charge in [0.2, 0.25) is 11.7 Å². The maximum Gasteiger partial charge on any atom is 0.261 e. The van der Waals surface area contributed by atoms with Gasteiger partial charge in [-0.3, -0.25) is 4.79 Å². The minimum atomic E-state index is -0.592. The molecule has 0 radical (unpaired) electrons. The van der Waals surface area contributed by atoms with Gasteiger partial charge < -0.3 is 14.6 Å². The average Bonchev–Trinajstić information content (AvgIpc) is 3.20. The number of rotatable bonds is 8. The Kier molecular flexibility index (Phi) is 6.66. The van der Waals surface area contributed by atoms with Crippen LogP contribution in [0.1, 0.15) is 31.7 Å². The van der Waals surface area contributed by atoms with Crippen LogP contribution < -0.4 is 10.1 Å². The standard InChI is InChI=1S/C21H22ClN3O3/c1-3-14-5-11-17(12-6-14)27-18(4-2)21(26)23-13-19-24-20(25-28-19)15-7-9-16(22)10-8-15/h5-12,18H,3-4,13H2,1-2H3,(H,23,26)/t18-/m0/s1. The Hall–Kier alpha value is -2.86. The Bertz CT molecular complexity index is 907. The van der Waals surface area contributed by atoms with Crippen molar-refractivity contribution in [3.8, 4) is 17.1 Å². The molecule has 1 amide bonds. The van der Waals surface area contributed by atoms with E-state index >= 15 is 0 Å². The number of carbonyl (C=O) groups is 1. The predicted molar refractivity (Wildman–Crippen MR) is 107 cm³/mol. The summed E-state index contributed by atoms with van der Waals surface area (Å²) < 4.78 is 11.0. The zero-order valence-electron chi connectivity index (χ0n) is 15.8. The molecule has 3 rings (SSSR count). The zero-order chi connectivity index (χ0) is 19.9. The van der Waals surface area contributed by atoms with Gasteiger partial charge in [0.15, 0.2) is 6.10 Å². The fourth-order valence-corrected chi connectivity index (χ4v) is 2.74. The van der Waals surface area contributed by atoms with Crippen LogP contribution in [-0.4, -0.2) is 22.2 Å². The molecule has 0 aliphatic rings. The molecular weight excluding hydrogens is 378 g/mol. The number of ether oxygens (including phenoxy) is 1. The summed E-state index contributed by atoms with van der Waals surface area (Å²) >= 11 is 5.88. The summed E-state index contributed by atoms with van der Waals surface area (Å²) in [5.74, 6) is 1.20. The molecular formula is C21H22ClN3O3. The van der Waals surface area contributed by atoms with E-state index in [2.05, 4.69) is 22.4 Å². The topological polar surface area (TPSA) is 77.2 Å². The van der Waals surface area contributed by atoms with Crippen molar-refractivity contribution in [2.75, 3.05) is 0 Å². The number of halogens is 1. The van der Waals surface area contributed by atoms with Crippen LogP contribution in [0.15, 0.2) is 53.1 Å². The van der Waals surface area contributed by atoms with Crippen LogP contribution in [-0.2, 0) is 17.8 Å². The molecule has 0 saturated carbocycles. The Morgan fingerprint density at radius 1 is 1.14 bits per heavy atom. The first-order valence-corrected chi connectivity index (χ1v) is 9.58. The SMILES string of the molecule is CCc1ccc(O[C@@H](CC)C(=O)NCc2nc(-c3ccc(Cl)cc3)no2)cc1. The van der Waals surface area contributed by atoms with Crippen LogP contribution in [0.5, 0.6) is 5.75 Å². The third-order valence-corrected chi connectivity index (χ3v) is 4.51. The van der Waals surface area contributed by atoms with E-state index in [1.165, 1.54) is 5.56 Å². The zero-order valence-corrected chi connectivity index (χ0v) is 16.6. The van der Waals surface area contributed by atoms with Crippen molar-refractivity contribution in [2.24, 2.45) is 0 Å². The van der Waals surface area contributed by atoms with Crippen molar-refractivity contribution in [2.45, 2.75) is 39.3 Å². The van der Waals surface area contributed by atoms with Gasteiger partial charge in [-0.2, -0.15) is 4.98 Å². The van der Waals surface area contributed by atoms with Crippen LogP contribution in [0.25, 0.3) is 11.4 Å². The van der Waals surface area contributed by atoms with Crippen LogP contribution >= 0.6 is 11.6 Å². The number of aryl methyl sites for hydroxylation is 1. The molecule has 146 valence electrons. The van der Waals surface area contributed by atoms with Gasteiger partial charge in [-0.1, -0.05) is 42.7 Å². The highest BCUT2D eigenvalue weighted by Crippen LogP contribution is 2.19. The van der Waals surface area contributed by atoms with Crippen molar-refractivity contribution in [1.29, 1.82) is 0 Å². The molecule has 0 spiro atoms. The van der Waals surface area contributed by atoms with Gasteiger partial charge in [-0.15, -0.1) is 0 Å². The second kappa shape index (κ2) is 9.37. The number of benzene rings is 2. The van der Waals surface area contributed by atoms with E-state index in [9.17, 15) is 4.79 Å². The second-order valence-electron chi connectivity index (χ2n) is 6.25. The lowest BCUT2D eigenvalue weighted by atomic mass is 10.2. The third kappa shape index (κ3) is 5.10. The summed E-state index contributed by atoms with van der Waals surface area (Å²) in [6.45, 7) is 4.12. The molecule has 0 fully saturated rings. The van der Waals surface area contributed by atoms with Crippen molar-refractivity contribution in [3.05, 3.63) is 65.0 Å². The lowest BCUT2D eigenvalue weighted by Crippen LogP contribution is -2.37. The van der Waals surface area contributed by atoms with E-state index in [1.807, 2.05) is 31.2 Å². The Balaban J connectivity index is 1.56. The summed E-state index contributed by atoms with van der Waals surface area (Å²) in [5, 5.41) is 7.35. The van der Waals surface area contributed by atoms with Gasteiger partial charge in [0.1, 0.15) is 5.75 Å². The first-order valence-electron chi connectivity index (χ1n) is 9.20. The van der Waals surface area contributed by atoms with Gasteiger partial charge in [-0.25, -0.2) is 0 Å². The molecule has 1 atom stereocenters. The summed E-state index contributed by atoms with van der Waals surface area (Å²) in [6.07, 6.45) is 0.910. The minimum Gasteiger partial charge on any atom is -0.481 e. The van der Waals surface area contributed by atoms with Crippen LogP contribution in [0.3, 0.4) is 0 Å². The lowest BCUT2D eigenvalue weighted by Gasteiger charge is -2.17. The summed E-state index contributed by atoms with van der Waals surface area (Å²) in [7, 11) is 0. The van der Waals surface area contributed by atoms with Crippen molar-refractivity contribution in [1.82, 2.24) is 15.5 Å². The van der Waals surface area contributed by atoms with Gasteiger partial charge in [0, 0.05) is 10.6 Å². The van der Waals surface area contributed by atoms with Gasteiger partial charge in [0.25, 0.3) is 5.91 Å². The van der Waals surface area contributed by atoms with E-state index in [4.69, 9.17) is 20.9 Å². The molecule has 1 heterocycles. The normalized spacial score (nSPS) is 11.8. The molecule has 6 nitrogen and oxygen atoms in total. The van der Waals surface area contributed by atoms with Crippen LogP contribution in [0.2, 0.25) is 5.02 Å². The molecule has 3 aromatic rings. The predicted octanol–water partition coefficient (Wildman–Crippen LogP) is 4.43.